The molecule has 3 heterocycles. The fraction of sp³-hybridized carbons (Fsp3) is 0.238. The van der Waals surface area contributed by atoms with E-state index in [-0.39, 0.29) is 5.95 Å². The molecule has 1 aliphatic rings. The molecule has 144 valence electrons. The third-order valence-corrected chi connectivity index (χ3v) is 5.48. The molecule has 0 bridgehead atoms. The Kier molecular flexibility index (Phi) is 4.47. The summed E-state index contributed by atoms with van der Waals surface area (Å²) in [5.41, 5.74) is 15.2. The second-order valence-electron chi connectivity index (χ2n) is 7.23. The van der Waals surface area contributed by atoms with Gasteiger partial charge in [-0.1, -0.05) is 6.07 Å². The first kappa shape index (κ1) is 18.3. The topological polar surface area (TPSA) is 96.3 Å². The van der Waals surface area contributed by atoms with Crippen LogP contribution in [0.3, 0.4) is 0 Å². The highest BCUT2D eigenvalue weighted by atomic mass is 32.1. The molecule has 1 aromatic carbocycles. The molecule has 0 spiro atoms. The van der Waals surface area contributed by atoms with Crippen molar-refractivity contribution in [2.24, 2.45) is 0 Å². The Labute approximate surface area is 167 Å². The van der Waals surface area contributed by atoms with Crippen LogP contribution in [0.2, 0.25) is 0 Å². The number of fused-ring (bicyclic) bond motifs is 1. The molecule has 0 radical (unpaired) electrons. The Balaban J connectivity index is 1.83. The highest BCUT2D eigenvalue weighted by molar-refractivity contribution is 7.11. The first-order valence-electron chi connectivity index (χ1n) is 8.90. The van der Waals surface area contributed by atoms with Gasteiger partial charge in [0.2, 0.25) is 5.95 Å². The molecule has 0 fully saturated rings. The highest BCUT2D eigenvalue weighted by Crippen LogP contribution is 2.46. The molecule has 0 atom stereocenters. The smallest absolute Gasteiger partial charge is 0.221 e. The lowest BCUT2D eigenvalue weighted by Crippen LogP contribution is -2.29. The predicted molar refractivity (Wildman–Crippen MR) is 113 cm³/mol. The van der Waals surface area contributed by atoms with Crippen LogP contribution in [0.25, 0.3) is 5.57 Å². The number of methoxy groups -OCH3 is 1. The Morgan fingerprint density at radius 1 is 1.25 bits per heavy atom. The summed E-state index contributed by atoms with van der Waals surface area (Å²) in [6.45, 7) is 4.09. The van der Waals surface area contributed by atoms with Gasteiger partial charge in [-0.25, -0.2) is 4.98 Å². The number of ether oxygens (including phenoxy) is 2. The van der Waals surface area contributed by atoms with Crippen LogP contribution in [-0.2, 0) is 6.42 Å². The van der Waals surface area contributed by atoms with E-state index in [1.807, 2.05) is 19.9 Å². The van der Waals surface area contributed by atoms with E-state index < -0.39 is 5.60 Å². The maximum absolute atomic E-state index is 6.25. The zero-order valence-electron chi connectivity index (χ0n) is 16.0. The monoisotopic (exact) mass is 394 g/mol. The fourth-order valence-corrected chi connectivity index (χ4v) is 4.12. The standard InChI is InChI=1S/C21H22N4O2S/c1-21(2)10-15(17-5-4-6-28-17)14-8-12(9-16(26-3)18(14)27-21)7-13-11-24-20(23)25-19(13)22/h4-6,8-11H,7H2,1-3H3,(H4,22,23,24,25). The number of aromatic nitrogens is 2. The quantitative estimate of drug-likeness (QED) is 0.697. The van der Waals surface area contributed by atoms with Crippen molar-refractivity contribution in [2.45, 2.75) is 25.9 Å². The van der Waals surface area contributed by atoms with E-state index in [0.29, 0.717) is 18.0 Å². The van der Waals surface area contributed by atoms with Gasteiger partial charge in [-0.15, -0.1) is 11.3 Å². The average molecular weight is 395 g/mol. The van der Waals surface area contributed by atoms with Crippen molar-refractivity contribution in [2.75, 3.05) is 18.6 Å². The van der Waals surface area contributed by atoms with Crippen LogP contribution in [0.15, 0.2) is 41.9 Å². The van der Waals surface area contributed by atoms with Crippen LogP contribution >= 0.6 is 11.3 Å². The summed E-state index contributed by atoms with van der Waals surface area (Å²) in [4.78, 5) is 9.30. The number of hydrogen-bond donors (Lipinski definition) is 2. The molecular formula is C21H22N4O2S. The van der Waals surface area contributed by atoms with Gasteiger partial charge in [0.15, 0.2) is 11.5 Å². The number of nitrogens with two attached hydrogens (primary N) is 2. The SMILES string of the molecule is COc1cc(Cc2cnc(N)nc2N)cc2c1OC(C)(C)C=C2c1cccs1. The lowest BCUT2D eigenvalue weighted by atomic mass is 9.91. The molecular weight excluding hydrogens is 372 g/mol. The van der Waals surface area contributed by atoms with Crippen LogP contribution in [0.1, 0.15) is 35.4 Å². The minimum atomic E-state index is -0.434. The molecule has 6 nitrogen and oxygen atoms in total. The zero-order valence-corrected chi connectivity index (χ0v) is 16.8. The highest BCUT2D eigenvalue weighted by Gasteiger charge is 2.30. The molecule has 7 heteroatoms. The van der Waals surface area contributed by atoms with Gasteiger partial charge in [-0.2, -0.15) is 4.98 Å². The summed E-state index contributed by atoms with van der Waals surface area (Å²) < 4.78 is 11.9. The molecule has 0 saturated carbocycles. The second kappa shape index (κ2) is 6.83. The molecule has 4 rings (SSSR count). The van der Waals surface area contributed by atoms with E-state index in [2.05, 4.69) is 39.6 Å². The van der Waals surface area contributed by atoms with Crippen LogP contribution in [0, 0.1) is 0 Å². The Hall–Kier alpha value is -3.06. The lowest BCUT2D eigenvalue weighted by molar-refractivity contribution is 0.151. The number of thiophene rings is 1. The molecule has 0 saturated heterocycles. The minimum absolute atomic E-state index is 0.169. The van der Waals surface area contributed by atoms with E-state index >= 15 is 0 Å². The molecule has 28 heavy (non-hydrogen) atoms. The van der Waals surface area contributed by atoms with Crippen LogP contribution in [-0.4, -0.2) is 22.7 Å². The third kappa shape index (κ3) is 3.41. The number of nitrogen functional groups attached to an aromatic ring is 2. The number of nitrogens with zero attached hydrogens (tertiary/aromatic N) is 2. The number of benzene rings is 1. The minimum Gasteiger partial charge on any atom is -0.493 e. The molecule has 0 unspecified atom stereocenters. The van der Waals surface area contributed by atoms with Crippen molar-refractivity contribution in [3.05, 3.63) is 63.5 Å². The summed E-state index contributed by atoms with van der Waals surface area (Å²) in [7, 11) is 1.65. The maximum atomic E-state index is 6.25. The van der Waals surface area contributed by atoms with E-state index in [0.717, 1.165) is 28.0 Å². The predicted octanol–water partition coefficient (Wildman–Crippen LogP) is 3.90. The third-order valence-electron chi connectivity index (χ3n) is 4.58. The fourth-order valence-electron chi connectivity index (χ4n) is 3.36. The first-order valence-corrected chi connectivity index (χ1v) is 9.78. The summed E-state index contributed by atoms with van der Waals surface area (Å²) in [5.74, 6) is 2.00. The van der Waals surface area contributed by atoms with Gasteiger partial charge in [0.05, 0.1) is 7.11 Å². The molecule has 3 aromatic rings. The molecule has 0 amide bonds. The Morgan fingerprint density at radius 3 is 2.75 bits per heavy atom. The average Bonchev–Trinajstić information content (AvgIpc) is 3.17. The van der Waals surface area contributed by atoms with Gasteiger partial charge in [-0.05, 0) is 49.1 Å². The number of anilines is 2. The van der Waals surface area contributed by atoms with E-state index in [1.165, 1.54) is 4.88 Å². The van der Waals surface area contributed by atoms with Crippen LogP contribution < -0.4 is 20.9 Å². The summed E-state index contributed by atoms with van der Waals surface area (Å²) in [6, 6.07) is 8.26. The van der Waals surface area contributed by atoms with Gasteiger partial charge in [0.25, 0.3) is 0 Å². The van der Waals surface area contributed by atoms with Gasteiger partial charge in [0, 0.05) is 34.2 Å². The van der Waals surface area contributed by atoms with E-state index in [1.54, 1.807) is 24.6 Å². The van der Waals surface area contributed by atoms with E-state index in [4.69, 9.17) is 20.9 Å². The zero-order chi connectivity index (χ0) is 19.9. The molecule has 1 aliphatic heterocycles. The number of rotatable bonds is 4. The Bertz CT molecular complexity index is 1060. The van der Waals surface area contributed by atoms with Crippen molar-refractivity contribution in [1.29, 1.82) is 0 Å². The first-order chi connectivity index (χ1) is 13.4. The summed E-state index contributed by atoms with van der Waals surface area (Å²) >= 11 is 1.70. The second-order valence-corrected chi connectivity index (χ2v) is 8.18. The van der Waals surface area contributed by atoms with Crippen molar-refractivity contribution in [3.63, 3.8) is 0 Å². The summed E-state index contributed by atoms with van der Waals surface area (Å²) in [6.07, 6.45) is 4.39. The van der Waals surface area contributed by atoms with Crippen molar-refractivity contribution >= 4 is 28.7 Å². The van der Waals surface area contributed by atoms with Gasteiger partial charge in [-0.3, -0.25) is 0 Å². The van der Waals surface area contributed by atoms with Gasteiger partial charge < -0.3 is 20.9 Å². The van der Waals surface area contributed by atoms with Crippen molar-refractivity contribution in [3.8, 4) is 11.5 Å². The maximum Gasteiger partial charge on any atom is 0.221 e. The van der Waals surface area contributed by atoms with Gasteiger partial charge in [0.1, 0.15) is 11.4 Å². The van der Waals surface area contributed by atoms with Crippen LogP contribution in [0.4, 0.5) is 11.8 Å². The van der Waals surface area contributed by atoms with Crippen molar-refractivity contribution in [1.82, 2.24) is 9.97 Å². The largest absolute Gasteiger partial charge is 0.493 e. The van der Waals surface area contributed by atoms with E-state index in [9.17, 15) is 0 Å². The summed E-state index contributed by atoms with van der Waals surface area (Å²) in [5, 5.41) is 2.08. The molecule has 2 aromatic heterocycles. The van der Waals surface area contributed by atoms with Gasteiger partial charge >= 0.3 is 0 Å². The molecule has 0 aliphatic carbocycles. The Morgan fingerprint density at radius 2 is 2.07 bits per heavy atom. The van der Waals surface area contributed by atoms with Crippen LogP contribution in [0.5, 0.6) is 11.5 Å². The molecule has 4 N–H and O–H groups in total. The normalized spacial score (nSPS) is 14.8. The lowest BCUT2D eigenvalue weighted by Gasteiger charge is -2.32. The van der Waals surface area contributed by atoms with Crippen molar-refractivity contribution < 1.29 is 9.47 Å². The number of hydrogen-bond acceptors (Lipinski definition) is 7.